The lowest BCUT2D eigenvalue weighted by molar-refractivity contribution is -0.384. The average Bonchev–Trinajstić information content (AvgIpc) is 2.56. The topological polar surface area (TPSA) is 72.7 Å². The van der Waals surface area contributed by atoms with E-state index in [9.17, 15) is 14.9 Å². The van der Waals surface area contributed by atoms with E-state index >= 15 is 0 Å². The maximum absolute atomic E-state index is 12.0. The van der Waals surface area contributed by atoms with Gasteiger partial charge in [0, 0.05) is 24.4 Å². The van der Waals surface area contributed by atoms with E-state index in [1.54, 1.807) is 12.1 Å². The number of hydrogen-bond acceptors (Lipinski definition) is 5. The smallest absolute Gasteiger partial charge is 0.312 e. The van der Waals surface area contributed by atoms with Gasteiger partial charge in [0.2, 0.25) is 0 Å². The summed E-state index contributed by atoms with van der Waals surface area (Å²) in [5.74, 6) is -0.542. The number of hydrogen-bond donors (Lipinski definition) is 0. The van der Waals surface area contributed by atoms with Gasteiger partial charge in [-0.15, -0.1) is 0 Å². The van der Waals surface area contributed by atoms with Crippen LogP contribution >= 0.6 is 0 Å². The molecule has 0 amide bonds. The summed E-state index contributed by atoms with van der Waals surface area (Å²) < 4.78 is 4.90. The van der Waals surface area contributed by atoms with Gasteiger partial charge in [0.25, 0.3) is 5.69 Å². The lowest BCUT2D eigenvalue weighted by atomic mass is 9.82. The number of anilines is 1. The van der Waals surface area contributed by atoms with Crippen LogP contribution in [0.25, 0.3) is 0 Å². The number of nitrogens with zero attached hydrogens (tertiary/aromatic N) is 2. The Morgan fingerprint density at radius 1 is 1.17 bits per heavy atom. The first-order valence-electron chi connectivity index (χ1n) is 7.66. The Balaban J connectivity index is 1.92. The van der Waals surface area contributed by atoms with E-state index in [1.165, 1.54) is 19.2 Å². The van der Waals surface area contributed by atoms with Gasteiger partial charge in [0.1, 0.15) is 0 Å². The summed E-state index contributed by atoms with van der Waals surface area (Å²) in [6.45, 7) is 2.59. The number of methoxy groups -OCH3 is 1. The third-order valence-corrected chi connectivity index (χ3v) is 4.43. The molecule has 6 nitrogen and oxygen atoms in total. The third kappa shape index (κ3) is 2.82. The molecule has 6 heteroatoms. The number of carbonyl (C=O) groups is 1. The molecular weight excluding hydrogens is 308 g/mol. The third-order valence-electron chi connectivity index (χ3n) is 4.43. The molecule has 0 bridgehead atoms. The van der Waals surface area contributed by atoms with Crippen molar-refractivity contribution in [2.75, 3.05) is 18.6 Å². The summed E-state index contributed by atoms with van der Waals surface area (Å²) >= 11 is 0. The molecule has 1 fully saturated rings. The molecule has 124 valence electrons. The Labute approximate surface area is 139 Å². The summed E-state index contributed by atoms with van der Waals surface area (Å²) in [6, 6.07) is 14.2. The lowest BCUT2D eigenvalue weighted by Gasteiger charge is -2.48. The minimum atomic E-state index is -0.430. The van der Waals surface area contributed by atoms with Crippen LogP contribution in [0.15, 0.2) is 48.5 Å². The monoisotopic (exact) mass is 326 g/mol. The Morgan fingerprint density at radius 3 is 2.33 bits per heavy atom. The van der Waals surface area contributed by atoms with E-state index in [2.05, 4.69) is 4.90 Å². The van der Waals surface area contributed by atoms with Crippen LogP contribution in [0.3, 0.4) is 0 Å². The molecule has 1 heterocycles. The maximum atomic E-state index is 12.0. The average molecular weight is 326 g/mol. The summed E-state index contributed by atoms with van der Waals surface area (Å²) in [5, 5.41) is 10.8. The first-order chi connectivity index (χ1) is 11.5. The summed E-state index contributed by atoms with van der Waals surface area (Å²) in [5.41, 5.74) is 3.08. The van der Waals surface area contributed by atoms with Crippen LogP contribution in [-0.2, 0) is 9.53 Å². The molecular formula is C18H18N2O4. The van der Waals surface area contributed by atoms with Crippen molar-refractivity contribution in [3.8, 4) is 0 Å². The van der Waals surface area contributed by atoms with Crippen molar-refractivity contribution in [1.29, 1.82) is 0 Å². The molecule has 0 radical (unpaired) electrons. The Morgan fingerprint density at radius 2 is 1.79 bits per heavy atom. The quantitative estimate of drug-likeness (QED) is 0.490. The molecule has 2 aromatic carbocycles. The number of aryl methyl sites for hydroxylation is 1. The molecule has 24 heavy (non-hydrogen) atoms. The van der Waals surface area contributed by atoms with E-state index in [0.29, 0.717) is 6.54 Å². The van der Waals surface area contributed by atoms with E-state index in [4.69, 9.17) is 4.74 Å². The van der Waals surface area contributed by atoms with Crippen molar-refractivity contribution in [2.45, 2.75) is 13.0 Å². The van der Waals surface area contributed by atoms with Crippen LogP contribution in [0, 0.1) is 23.0 Å². The van der Waals surface area contributed by atoms with Gasteiger partial charge >= 0.3 is 5.97 Å². The first-order valence-corrected chi connectivity index (χ1v) is 7.66. The largest absolute Gasteiger partial charge is 0.469 e. The second kappa shape index (κ2) is 6.31. The second-order valence-corrected chi connectivity index (χ2v) is 5.91. The fourth-order valence-electron chi connectivity index (χ4n) is 3.07. The van der Waals surface area contributed by atoms with Crippen LogP contribution in [0.1, 0.15) is 17.2 Å². The van der Waals surface area contributed by atoms with Crippen molar-refractivity contribution in [3.05, 3.63) is 69.8 Å². The molecule has 0 aromatic heterocycles. The Kier molecular flexibility index (Phi) is 4.20. The molecule has 1 saturated heterocycles. The number of benzene rings is 2. The molecule has 1 aliphatic rings. The number of non-ortho nitro benzene ring substituents is 1. The van der Waals surface area contributed by atoms with Crippen LogP contribution in [0.4, 0.5) is 11.4 Å². The molecule has 1 aliphatic heterocycles. The molecule has 2 atom stereocenters. The molecule has 2 aromatic rings. The van der Waals surface area contributed by atoms with E-state index < -0.39 is 4.92 Å². The zero-order valence-corrected chi connectivity index (χ0v) is 13.5. The fourth-order valence-corrected chi connectivity index (χ4v) is 3.07. The predicted molar refractivity (Wildman–Crippen MR) is 89.9 cm³/mol. The van der Waals surface area contributed by atoms with Crippen molar-refractivity contribution in [1.82, 2.24) is 0 Å². The number of esters is 1. The Hall–Kier alpha value is -2.89. The summed E-state index contributed by atoms with van der Waals surface area (Å²) in [4.78, 5) is 24.5. The van der Waals surface area contributed by atoms with Crippen LogP contribution in [0.5, 0.6) is 0 Å². The van der Waals surface area contributed by atoms with Crippen LogP contribution in [0.2, 0.25) is 0 Å². The van der Waals surface area contributed by atoms with Gasteiger partial charge in [0.15, 0.2) is 0 Å². The van der Waals surface area contributed by atoms with Gasteiger partial charge in [-0.2, -0.15) is 0 Å². The van der Waals surface area contributed by atoms with Gasteiger partial charge in [-0.3, -0.25) is 14.9 Å². The number of ether oxygens (including phenoxy) is 1. The molecule has 0 saturated carbocycles. The zero-order valence-electron chi connectivity index (χ0n) is 13.5. The highest BCUT2D eigenvalue weighted by atomic mass is 16.6. The SMILES string of the molecule is COC(=O)[C@@H]1CN(c2ccc(C)cc2)[C@H]1c1ccc([N+](=O)[O-])cc1. The molecule has 0 spiro atoms. The normalized spacial score (nSPS) is 19.5. The minimum Gasteiger partial charge on any atom is -0.469 e. The maximum Gasteiger partial charge on any atom is 0.312 e. The van der Waals surface area contributed by atoms with Crippen molar-refractivity contribution in [2.24, 2.45) is 5.92 Å². The first kappa shape index (κ1) is 16.0. The molecule has 0 unspecified atom stereocenters. The van der Waals surface area contributed by atoms with Gasteiger partial charge in [-0.1, -0.05) is 29.8 Å². The van der Waals surface area contributed by atoms with Gasteiger partial charge in [0.05, 0.1) is 24.0 Å². The summed E-state index contributed by atoms with van der Waals surface area (Å²) in [7, 11) is 1.38. The number of nitro groups is 1. The molecule has 0 N–H and O–H groups in total. The number of nitro benzene ring substituents is 1. The van der Waals surface area contributed by atoms with Crippen molar-refractivity contribution >= 4 is 17.3 Å². The van der Waals surface area contributed by atoms with Crippen molar-refractivity contribution in [3.63, 3.8) is 0 Å². The fraction of sp³-hybridized carbons (Fsp3) is 0.278. The highest BCUT2D eigenvalue weighted by Crippen LogP contribution is 2.43. The van der Waals surface area contributed by atoms with E-state index in [1.807, 2.05) is 31.2 Å². The van der Waals surface area contributed by atoms with Crippen LogP contribution in [-0.4, -0.2) is 24.5 Å². The predicted octanol–water partition coefficient (Wildman–Crippen LogP) is 3.25. The minimum absolute atomic E-state index is 0.0366. The lowest BCUT2D eigenvalue weighted by Crippen LogP contribution is -2.53. The zero-order chi connectivity index (χ0) is 17.3. The van der Waals surface area contributed by atoms with Gasteiger partial charge in [-0.05, 0) is 24.6 Å². The van der Waals surface area contributed by atoms with Crippen molar-refractivity contribution < 1.29 is 14.5 Å². The van der Waals surface area contributed by atoms with E-state index in [-0.39, 0.29) is 23.6 Å². The standard InChI is InChI=1S/C18H18N2O4/c1-12-3-7-14(8-4-12)19-11-16(18(21)24-2)17(19)13-5-9-15(10-6-13)20(22)23/h3-10,16-17H,11H2,1-2H3/t16-,17+/m1/s1. The second-order valence-electron chi connectivity index (χ2n) is 5.91. The van der Waals surface area contributed by atoms with Gasteiger partial charge < -0.3 is 9.64 Å². The number of rotatable bonds is 4. The van der Waals surface area contributed by atoms with Gasteiger partial charge in [-0.25, -0.2) is 0 Å². The highest BCUT2D eigenvalue weighted by Gasteiger charge is 2.45. The molecule has 3 rings (SSSR count). The molecule has 0 aliphatic carbocycles. The summed E-state index contributed by atoms with van der Waals surface area (Å²) in [6.07, 6.45) is 0. The Bertz CT molecular complexity index is 756. The van der Waals surface area contributed by atoms with E-state index in [0.717, 1.165) is 16.8 Å². The highest BCUT2D eigenvalue weighted by molar-refractivity contribution is 5.78. The number of carbonyl (C=O) groups excluding carboxylic acids is 1. The van der Waals surface area contributed by atoms with Crippen LogP contribution < -0.4 is 4.90 Å².